The van der Waals surface area contributed by atoms with Crippen LogP contribution in [0.5, 0.6) is 0 Å². The Kier molecular flexibility index (Phi) is 3.00. The van der Waals surface area contributed by atoms with Crippen molar-refractivity contribution in [1.29, 1.82) is 0 Å². The molecule has 1 aliphatic rings. The van der Waals surface area contributed by atoms with Gasteiger partial charge in [0.1, 0.15) is 5.58 Å². The molecule has 2 heterocycles. The molecule has 0 unspecified atom stereocenters. The molecule has 1 fully saturated rings. The van der Waals surface area contributed by atoms with Gasteiger partial charge in [-0.05, 0) is 51.5 Å². The number of hydrogen-bond donors (Lipinski definition) is 0. The summed E-state index contributed by atoms with van der Waals surface area (Å²) in [4.78, 5) is 0. The molecule has 0 bridgehead atoms. The van der Waals surface area contributed by atoms with Gasteiger partial charge in [-0.2, -0.15) is 0 Å². The van der Waals surface area contributed by atoms with Crippen molar-refractivity contribution in [2.24, 2.45) is 0 Å². The predicted octanol–water partition coefficient (Wildman–Crippen LogP) is 4.17. The van der Waals surface area contributed by atoms with Gasteiger partial charge in [0.05, 0.1) is 17.5 Å². The maximum Gasteiger partial charge on any atom is 0.465 e. The van der Waals surface area contributed by atoms with Crippen molar-refractivity contribution in [1.82, 2.24) is 0 Å². The zero-order valence-corrected chi connectivity index (χ0v) is 12.8. The van der Waals surface area contributed by atoms with Crippen molar-refractivity contribution in [3.63, 3.8) is 0 Å². The standard InChI is InChI=1S/C16H21BO3/c1-11(17-19-15(2,3)16(4,5)20-17)12-6-7-14-13(10-12)8-9-18-14/h6-11H,1-5H3/t11-/m1/s1. The lowest BCUT2D eigenvalue weighted by molar-refractivity contribution is 0.00578. The van der Waals surface area contributed by atoms with Crippen LogP contribution < -0.4 is 0 Å². The van der Waals surface area contributed by atoms with Crippen LogP contribution in [-0.2, 0) is 9.31 Å². The average molecular weight is 272 g/mol. The Balaban J connectivity index is 1.87. The normalized spacial score (nSPS) is 22.4. The molecule has 0 N–H and O–H groups in total. The molecule has 4 heteroatoms. The maximum atomic E-state index is 6.13. The maximum absolute atomic E-state index is 6.13. The summed E-state index contributed by atoms with van der Waals surface area (Å²) in [5, 5.41) is 1.12. The van der Waals surface area contributed by atoms with E-state index in [0.29, 0.717) is 0 Å². The van der Waals surface area contributed by atoms with E-state index in [9.17, 15) is 0 Å². The van der Waals surface area contributed by atoms with Gasteiger partial charge in [-0.1, -0.05) is 13.0 Å². The Bertz CT molecular complexity index is 613. The van der Waals surface area contributed by atoms with Gasteiger partial charge in [0.2, 0.25) is 0 Å². The van der Waals surface area contributed by atoms with E-state index >= 15 is 0 Å². The van der Waals surface area contributed by atoms with Crippen LogP contribution in [-0.4, -0.2) is 18.3 Å². The van der Waals surface area contributed by atoms with E-state index in [1.54, 1.807) is 6.26 Å². The van der Waals surface area contributed by atoms with Gasteiger partial charge in [-0.15, -0.1) is 0 Å². The second kappa shape index (κ2) is 4.37. The van der Waals surface area contributed by atoms with Crippen LogP contribution in [0, 0.1) is 0 Å². The molecule has 0 aliphatic carbocycles. The summed E-state index contributed by atoms with van der Waals surface area (Å²) in [5.41, 5.74) is 1.55. The van der Waals surface area contributed by atoms with Gasteiger partial charge in [-0.3, -0.25) is 0 Å². The topological polar surface area (TPSA) is 31.6 Å². The fraction of sp³-hybridized carbons (Fsp3) is 0.500. The first-order valence-electron chi connectivity index (χ1n) is 7.13. The van der Waals surface area contributed by atoms with Gasteiger partial charge < -0.3 is 13.7 Å². The molecule has 1 saturated heterocycles. The number of furan rings is 1. The molecule has 0 saturated carbocycles. The molecule has 2 aromatic rings. The molecule has 1 aliphatic heterocycles. The quantitative estimate of drug-likeness (QED) is 0.769. The van der Waals surface area contributed by atoms with Gasteiger partial charge in [-0.25, -0.2) is 0 Å². The summed E-state index contributed by atoms with van der Waals surface area (Å²) in [6.07, 6.45) is 1.72. The van der Waals surface area contributed by atoms with Crippen molar-refractivity contribution < 1.29 is 13.7 Å². The highest BCUT2D eigenvalue weighted by Crippen LogP contribution is 2.40. The van der Waals surface area contributed by atoms with Crippen LogP contribution in [0.3, 0.4) is 0 Å². The zero-order valence-electron chi connectivity index (χ0n) is 12.8. The fourth-order valence-corrected chi connectivity index (χ4v) is 2.52. The largest absolute Gasteiger partial charge is 0.465 e. The fourth-order valence-electron chi connectivity index (χ4n) is 2.52. The molecule has 0 radical (unpaired) electrons. The molecule has 20 heavy (non-hydrogen) atoms. The van der Waals surface area contributed by atoms with Crippen LogP contribution in [0.25, 0.3) is 11.0 Å². The van der Waals surface area contributed by atoms with Crippen LogP contribution in [0.4, 0.5) is 0 Å². The van der Waals surface area contributed by atoms with Crippen molar-refractivity contribution in [2.75, 3.05) is 0 Å². The molecular weight excluding hydrogens is 251 g/mol. The Morgan fingerprint density at radius 1 is 1.00 bits per heavy atom. The third-order valence-corrected chi connectivity index (χ3v) is 4.68. The lowest BCUT2D eigenvalue weighted by atomic mass is 9.69. The Morgan fingerprint density at radius 3 is 2.30 bits per heavy atom. The molecule has 0 spiro atoms. The zero-order chi connectivity index (χ0) is 14.5. The van der Waals surface area contributed by atoms with Crippen LogP contribution in [0.2, 0.25) is 0 Å². The van der Waals surface area contributed by atoms with E-state index in [2.05, 4.69) is 46.8 Å². The van der Waals surface area contributed by atoms with Crippen LogP contribution in [0.1, 0.15) is 46.0 Å². The van der Waals surface area contributed by atoms with E-state index in [1.165, 1.54) is 5.56 Å². The number of fused-ring (bicyclic) bond motifs is 1. The van der Waals surface area contributed by atoms with Crippen molar-refractivity contribution in [3.05, 3.63) is 36.1 Å². The van der Waals surface area contributed by atoms with Crippen LogP contribution in [0.15, 0.2) is 34.9 Å². The SMILES string of the molecule is C[C@@H](B1OC(C)(C)C(C)(C)O1)c1ccc2occc2c1. The van der Waals surface area contributed by atoms with E-state index in [1.807, 2.05) is 12.1 Å². The summed E-state index contributed by atoms with van der Waals surface area (Å²) >= 11 is 0. The van der Waals surface area contributed by atoms with E-state index < -0.39 is 0 Å². The van der Waals surface area contributed by atoms with Crippen molar-refractivity contribution >= 4 is 18.1 Å². The first-order chi connectivity index (χ1) is 9.30. The average Bonchev–Trinajstić information content (AvgIpc) is 2.90. The molecule has 3 nitrogen and oxygen atoms in total. The second-order valence-electron chi connectivity index (χ2n) is 6.63. The molecule has 1 aromatic carbocycles. The number of hydrogen-bond acceptors (Lipinski definition) is 3. The molecular formula is C16H21BO3. The Hall–Kier alpha value is -1.26. The summed E-state index contributed by atoms with van der Waals surface area (Å²) < 4.78 is 17.6. The van der Waals surface area contributed by atoms with Gasteiger partial charge in [0.25, 0.3) is 0 Å². The summed E-state index contributed by atoms with van der Waals surface area (Å²) in [6, 6.07) is 8.22. The smallest absolute Gasteiger partial charge is 0.464 e. The van der Waals surface area contributed by atoms with Crippen molar-refractivity contribution in [3.8, 4) is 0 Å². The minimum absolute atomic E-state index is 0.176. The third kappa shape index (κ3) is 2.07. The molecule has 3 rings (SSSR count). The van der Waals surface area contributed by atoms with Crippen molar-refractivity contribution in [2.45, 2.75) is 51.6 Å². The molecule has 0 amide bonds. The number of benzene rings is 1. The van der Waals surface area contributed by atoms with E-state index in [4.69, 9.17) is 13.7 Å². The minimum Gasteiger partial charge on any atom is -0.464 e. The third-order valence-electron chi connectivity index (χ3n) is 4.68. The number of rotatable bonds is 2. The van der Waals surface area contributed by atoms with Crippen LogP contribution >= 0.6 is 0 Å². The summed E-state index contributed by atoms with van der Waals surface area (Å²) in [7, 11) is -0.218. The van der Waals surface area contributed by atoms with Gasteiger partial charge >= 0.3 is 7.12 Å². The first-order valence-corrected chi connectivity index (χ1v) is 7.13. The van der Waals surface area contributed by atoms with E-state index in [-0.39, 0.29) is 24.1 Å². The highest BCUT2D eigenvalue weighted by molar-refractivity contribution is 6.47. The highest BCUT2D eigenvalue weighted by atomic mass is 16.7. The Morgan fingerprint density at radius 2 is 1.65 bits per heavy atom. The molecule has 1 aromatic heterocycles. The first kappa shape index (κ1) is 13.7. The summed E-state index contributed by atoms with van der Waals surface area (Å²) in [6.45, 7) is 10.5. The van der Waals surface area contributed by atoms with Gasteiger partial charge in [0, 0.05) is 11.2 Å². The monoisotopic (exact) mass is 272 g/mol. The Labute approximate surface area is 120 Å². The lowest BCUT2D eigenvalue weighted by Crippen LogP contribution is -2.41. The minimum atomic E-state index is -0.286. The summed E-state index contributed by atoms with van der Waals surface area (Å²) in [5.74, 6) is 0.176. The molecule has 106 valence electrons. The lowest BCUT2D eigenvalue weighted by Gasteiger charge is -2.32. The second-order valence-corrected chi connectivity index (χ2v) is 6.63. The van der Waals surface area contributed by atoms with Gasteiger partial charge in [0.15, 0.2) is 0 Å². The predicted molar refractivity (Wildman–Crippen MR) is 80.7 cm³/mol. The molecule has 1 atom stereocenters. The van der Waals surface area contributed by atoms with E-state index in [0.717, 1.165) is 11.0 Å². The highest BCUT2D eigenvalue weighted by Gasteiger charge is 2.52.